The molecule has 0 spiro atoms. The molecule has 1 saturated heterocycles. The fourth-order valence-corrected chi connectivity index (χ4v) is 2.80. The lowest BCUT2D eigenvalue weighted by molar-refractivity contribution is -0.384. The van der Waals surface area contributed by atoms with E-state index in [0.29, 0.717) is 6.54 Å². The van der Waals surface area contributed by atoms with Gasteiger partial charge in [-0.2, -0.15) is 0 Å². The second-order valence-corrected chi connectivity index (χ2v) is 5.61. The maximum Gasteiger partial charge on any atom is 0.288 e. The summed E-state index contributed by atoms with van der Waals surface area (Å²) in [4.78, 5) is 24.2. The Balaban J connectivity index is 1.96. The van der Waals surface area contributed by atoms with Crippen LogP contribution in [0.1, 0.15) is 18.4 Å². The van der Waals surface area contributed by atoms with Crippen molar-refractivity contribution in [2.45, 2.75) is 19.4 Å². The van der Waals surface area contributed by atoms with E-state index in [2.05, 4.69) is 10.2 Å². The van der Waals surface area contributed by atoms with Gasteiger partial charge in [0.05, 0.1) is 4.92 Å². The molecule has 7 heteroatoms. The number of carbonyl (C=O) groups is 1. The van der Waals surface area contributed by atoms with Crippen LogP contribution in [0.25, 0.3) is 0 Å². The Hall–Kier alpha value is -1.66. The first-order chi connectivity index (χ1) is 10.0. The molecule has 21 heavy (non-hydrogen) atoms. The number of nitrogens with zero attached hydrogens (tertiary/aromatic N) is 2. The van der Waals surface area contributed by atoms with E-state index in [9.17, 15) is 14.9 Å². The summed E-state index contributed by atoms with van der Waals surface area (Å²) < 4.78 is 0. The van der Waals surface area contributed by atoms with Crippen LogP contribution in [0, 0.1) is 16.0 Å². The van der Waals surface area contributed by atoms with Gasteiger partial charge in [0.15, 0.2) is 0 Å². The van der Waals surface area contributed by atoms with Crippen LogP contribution in [-0.4, -0.2) is 35.9 Å². The average molecular weight is 312 g/mol. The van der Waals surface area contributed by atoms with Crippen LogP contribution in [0.4, 0.5) is 5.69 Å². The van der Waals surface area contributed by atoms with E-state index < -0.39 is 4.92 Å². The molecule has 1 aliphatic rings. The zero-order valence-corrected chi connectivity index (χ0v) is 12.6. The first-order valence-electron chi connectivity index (χ1n) is 6.88. The SMILES string of the molecule is CNC(=O)C1CCN(Cc2ccc(Cl)c([N+](=O)[O-])c2)CC1. The van der Waals surface area contributed by atoms with E-state index >= 15 is 0 Å². The normalized spacial score (nSPS) is 16.7. The quantitative estimate of drug-likeness (QED) is 0.683. The number of hydrogen-bond acceptors (Lipinski definition) is 4. The van der Waals surface area contributed by atoms with Crippen LogP contribution < -0.4 is 5.32 Å². The molecule has 2 rings (SSSR count). The summed E-state index contributed by atoms with van der Waals surface area (Å²) in [5.74, 6) is 0.169. The second-order valence-electron chi connectivity index (χ2n) is 5.21. The highest BCUT2D eigenvalue weighted by molar-refractivity contribution is 6.32. The molecule has 1 aromatic carbocycles. The molecule has 0 unspecified atom stereocenters. The molecule has 0 saturated carbocycles. The largest absolute Gasteiger partial charge is 0.359 e. The molecule has 0 atom stereocenters. The molecule has 1 aliphatic heterocycles. The number of nitrogens with one attached hydrogen (secondary N) is 1. The summed E-state index contributed by atoms with van der Waals surface area (Å²) in [6, 6.07) is 4.89. The summed E-state index contributed by atoms with van der Waals surface area (Å²) in [6.07, 6.45) is 1.63. The lowest BCUT2D eigenvalue weighted by atomic mass is 9.95. The number of hydrogen-bond donors (Lipinski definition) is 1. The van der Waals surface area contributed by atoms with Crippen molar-refractivity contribution >= 4 is 23.2 Å². The molecule has 1 aromatic rings. The van der Waals surface area contributed by atoms with Gasteiger partial charge in [-0.15, -0.1) is 0 Å². The molecule has 1 heterocycles. The molecule has 0 bridgehead atoms. The predicted molar refractivity (Wildman–Crippen MR) is 80.2 cm³/mol. The Bertz CT molecular complexity index is 542. The number of halogens is 1. The van der Waals surface area contributed by atoms with E-state index in [1.807, 2.05) is 0 Å². The van der Waals surface area contributed by atoms with Gasteiger partial charge in [0.2, 0.25) is 5.91 Å². The number of carbonyl (C=O) groups excluding carboxylic acids is 1. The van der Waals surface area contributed by atoms with Crippen LogP contribution in [0.2, 0.25) is 5.02 Å². The molecule has 0 radical (unpaired) electrons. The summed E-state index contributed by atoms with van der Waals surface area (Å²) >= 11 is 5.80. The highest BCUT2D eigenvalue weighted by Crippen LogP contribution is 2.26. The Morgan fingerprint density at radius 2 is 2.14 bits per heavy atom. The van der Waals surface area contributed by atoms with Crippen LogP contribution >= 0.6 is 11.6 Å². The molecular formula is C14H18ClN3O3. The number of likely N-dealkylation sites (tertiary alicyclic amines) is 1. The van der Waals surface area contributed by atoms with Crippen molar-refractivity contribution in [1.82, 2.24) is 10.2 Å². The molecule has 0 aliphatic carbocycles. The number of amides is 1. The molecule has 6 nitrogen and oxygen atoms in total. The van der Waals surface area contributed by atoms with E-state index in [1.165, 1.54) is 6.07 Å². The van der Waals surface area contributed by atoms with Gasteiger partial charge in [-0.3, -0.25) is 19.8 Å². The van der Waals surface area contributed by atoms with Crippen LogP contribution in [0.15, 0.2) is 18.2 Å². The van der Waals surface area contributed by atoms with Gasteiger partial charge in [-0.25, -0.2) is 0 Å². The van der Waals surface area contributed by atoms with Crippen molar-refractivity contribution in [3.63, 3.8) is 0 Å². The Morgan fingerprint density at radius 1 is 1.48 bits per heavy atom. The Kier molecular flexibility index (Phi) is 5.14. The number of nitro benzene ring substituents is 1. The number of piperidine rings is 1. The fourth-order valence-electron chi connectivity index (χ4n) is 2.61. The minimum atomic E-state index is -0.469. The summed E-state index contributed by atoms with van der Waals surface area (Å²) in [5.41, 5.74) is 0.805. The Labute approximate surface area is 128 Å². The lowest BCUT2D eigenvalue weighted by Crippen LogP contribution is -2.39. The lowest BCUT2D eigenvalue weighted by Gasteiger charge is -2.31. The smallest absolute Gasteiger partial charge is 0.288 e. The first kappa shape index (κ1) is 15.7. The van der Waals surface area contributed by atoms with Crippen LogP contribution in [0.5, 0.6) is 0 Å². The van der Waals surface area contributed by atoms with Crippen molar-refractivity contribution in [2.24, 2.45) is 5.92 Å². The first-order valence-corrected chi connectivity index (χ1v) is 7.26. The summed E-state index contributed by atoms with van der Waals surface area (Å²) in [5, 5.41) is 13.7. The highest BCUT2D eigenvalue weighted by atomic mass is 35.5. The zero-order chi connectivity index (χ0) is 15.4. The van der Waals surface area contributed by atoms with Crippen molar-refractivity contribution < 1.29 is 9.72 Å². The maximum absolute atomic E-state index is 11.6. The van der Waals surface area contributed by atoms with Crippen molar-refractivity contribution in [3.8, 4) is 0 Å². The third kappa shape index (κ3) is 3.92. The maximum atomic E-state index is 11.6. The van der Waals surface area contributed by atoms with E-state index in [1.54, 1.807) is 19.2 Å². The van der Waals surface area contributed by atoms with Gasteiger partial charge in [-0.05, 0) is 37.6 Å². The number of benzene rings is 1. The molecule has 1 fully saturated rings. The van der Waals surface area contributed by atoms with Gasteiger partial charge in [-0.1, -0.05) is 17.7 Å². The molecule has 1 amide bonds. The zero-order valence-electron chi connectivity index (χ0n) is 11.8. The van der Waals surface area contributed by atoms with Crippen molar-refractivity contribution in [1.29, 1.82) is 0 Å². The summed E-state index contributed by atoms with van der Waals surface area (Å²) in [6.45, 7) is 2.27. The van der Waals surface area contributed by atoms with Gasteiger partial charge < -0.3 is 5.32 Å². The monoisotopic (exact) mass is 311 g/mol. The topological polar surface area (TPSA) is 75.5 Å². The summed E-state index contributed by atoms with van der Waals surface area (Å²) in [7, 11) is 1.65. The third-order valence-corrected chi connectivity index (χ3v) is 4.14. The van der Waals surface area contributed by atoms with E-state index in [4.69, 9.17) is 11.6 Å². The molecule has 114 valence electrons. The minimum absolute atomic E-state index is 0.0607. The van der Waals surface area contributed by atoms with Gasteiger partial charge in [0.1, 0.15) is 5.02 Å². The highest BCUT2D eigenvalue weighted by Gasteiger charge is 2.24. The van der Waals surface area contributed by atoms with Crippen molar-refractivity contribution in [2.75, 3.05) is 20.1 Å². The van der Waals surface area contributed by atoms with E-state index in [-0.39, 0.29) is 22.5 Å². The average Bonchev–Trinajstić information content (AvgIpc) is 2.49. The minimum Gasteiger partial charge on any atom is -0.359 e. The molecule has 1 N–H and O–H groups in total. The Morgan fingerprint density at radius 3 is 2.71 bits per heavy atom. The van der Waals surface area contributed by atoms with Crippen LogP contribution in [0.3, 0.4) is 0 Å². The second kappa shape index (κ2) is 6.87. The van der Waals surface area contributed by atoms with Crippen LogP contribution in [-0.2, 0) is 11.3 Å². The molecular weight excluding hydrogens is 294 g/mol. The standard InChI is InChI=1S/C14H18ClN3O3/c1-16-14(19)11-4-6-17(7-5-11)9-10-2-3-12(15)13(8-10)18(20)21/h2-3,8,11H,4-7,9H2,1H3,(H,16,19). The third-order valence-electron chi connectivity index (χ3n) is 3.82. The van der Waals surface area contributed by atoms with Gasteiger partial charge >= 0.3 is 0 Å². The van der Waals surface area contributed by atoms with Crippen molar-refractivity contribution in [3.05, 3.63) is 38.9 Å². The fraction of sp³-hybridized carbons (Fsp3) is 0.500. The van der Waals surface area contributed by atoms with E-state index in [0.717, 1.165) is 31.5 Å². The number of nitro groups is 1. The predicted octanol–water partition coefficient (Wildman–Crippen LogP) is 2.21. The number of rotatable bonds is 4. The molecule has 0 aromatic heterocycles. The van der Waals surface area contributed by atoms with Gasteiger partial charge in [0.25, 0.3) is 5.69 Å². The van der Waals surface area contributed by atoms with Gasteiger partial charge in [0, 0.05) is 25.6 Å².